The first-order valence-corrected chi connectivity index (χ1v) is 36.0. The van der Waals surface area contributed by atoms with Gasteiger partial charge in [0.15, 0.2) is 5.96 Å². The number of carbonyl (C=O) groups excluding carboxylic acids is 11. The Labute approximate surface area is 580 Å². The number of aliphatic hydroxyl groups excluding tert-OH is 1. The molecule has 0 rings (SSSR count). The minimum Gasteiger partial charge on any atom is -0.391 e. The van der Waals surface area contributed by atoms with Crippen LogP contribution < -0.4 is 71.2 Å². The van der Waals surface area contributed by atoms with Crippen molar-refractivity contribution in [3.05, 3.63) is 0 Å². The van der Waals surface area contributed by atoms with Crippen LogP contribution >= 0.6 is 0 Å². The van der Waals surface area contributed by atoms with Gasteiger partial charge in [-0.3, -0.25) is 57.7 Å². The van der Waals surface area contributed by atoms with Crippen LogP contribution in [0.3, 0.4) is 0 Å². The normalized spacial score (nSPS) is 14.9. The largest absolute Gasteiger partial charge is 0.391 e. The van der Waals surface area contributed by atoms with E-state index in [1.807, 2.05) is 55.4 Å². The summed E-state index contributed by atoms with van der Waals surface area (Å²) < 4.78 is 0. The maximum atomic E-state index is 15.0. The zero-order valence-corrected chi connectivity index (χ0v) is 61.6. The van der Waals surface area contributed by atoms with Crippen molar-refractivity contribution in [2.45, 2.75) is 298 Å². The SMILES string of the molecule is CCCCCCCCCCCCC(=O)NCC(=O)N[C@@H](CC(C)C)C(=O)N[C@@H](CC(C)C)C(=O)N(C)[C@@H](CCCCN)C(=O)N[C@@H](CCCN=C(N)N)C(=O)N[C@H](C(=O)N(C)[C@@H](CCCCN)C(=O)N[C@H](C(=O)N[C@@H](CC(C)C)C(=O)N[C@@H](CC(C)C)C(N)=O)[C@@H](C)O)[C@@H](C)CC. The van der Waals surface area contributed by atoms with Gasteiger partial charge in [0.05, 0.1) is 12.6 Å². The number of nitrogens with one attached hydrogen (secondary N) is 8. The molecule has 0 fully saturated rings. The number of likely N-dealkylation sites (N-methyl/N-ethyl adjacent to an activating group) is 2. The number of aliphatic imine (C=N–C) groups is 1. The fraction of sp³-hybridized carbons (Fsp3) is 0.826. The van der Waals surface area contributed by atoms with Gasteiger partial charge in [0.25, 0.3) is 0 Å². The van der Waals surface area contributed by atoms with Gasteiger partial charge in [-0.1, -0.05) is 140 Å². The first-order valence-electron chi connectivity index (χ1n) is 36.0. The summed E-state index contributed by atoms with van der Waals surface area (Å²) in [7, 11) is 2.80. The Bertz CT molecular complexity index is 2410. The molecule has 0 aromatic carbocycles. The van der Waals surface area contributed by atoms with Crippen LogP contribution in [-0.4, -0.2) is 187 Å². The average molecular weight is 1380 g/mol. The number of carbonyl (C=O) groups is 11. The van der Waals surface area contributed by atoms with Gasteiger partial charge in [-0.15, -0.1) is 0 Å². The molecular formula is C69H132N16O12. The Morgan fingerprint density at radius 3 is 1.30 bits per heavy atom. The summed E-state index contributed by atoms with van der Waals surface area (Å²) in [4.78, 5) is 161. The summed E-state index contributed by atoms with van der Waals surface area (Å²) in [6.45, 7) is 22.0. The van der Waals surface area contributed by atoms with E-state index in [9.17, 15) is 57.8 Å². The monoisotopic (exact) mass is 1380 g/mol. The van der Waals surface area contributed by atoms with Crippen molar-refractivity contribution in [2.75, 3.05) is 40.3 Å². The number of amides is 11. The van der Waals surface area contributed by atoms with E-state index in [4.69, 9.17) is 28.7 Å². The maximum Gasteiger partial charge on any atom is 0.245 e. The zero-order valence-electron chi connectivity index (χ0n) is 61.6. The van der Waals surface area contributed by atoms with Crippen molar-refractivity contribution < 1.29 is 57.8 Å². The van der Waals surface area contributed by atoms with Crippen LogP contribution in [0.15, 0.2) is 4.99 Å². The number of aliphatic hydroxyl groups is 1. The second kappa shape index (κ2) is 50.6. The molecule has 28 nitrogen and oxygen atoms in total. The molecule has 0 bridgehead atoms. The molecule has 11 atom stereocenters. The number of unbranched alkanes of at least 4 members (excludes halogenated alkanes) is 11. The molecule has 28 heteroatoms. The predicted molar refractivity (Wildman–Crippen MR) is 380 cm³/mol. The van der Waals surface area contributed by atoms with Crippen LogP contribution in [0.5, 0.6) is 0 Å². The average Bonchev–Trinajstić information content (AvgIpc) is 0.840. The van der Waals surface area contributed by atoms with Crippen molar-refractivity contribution in [1.29, 1.82) is 0 Å². The number of hydrogen-bond donors (Lipinski definition) is 14. The van der Waals surface area contributed by atoms with Crippen molar-refractivity contribution in [1.82, 2.24) is 52.3 Å². The summed E-state index contributed by atoms with van der Waals surface area (Å²) in [5.74, 6) is -8.71. The van der Waals surface area contributed by atoms with E-state index < -0.39 is 125 Å². The van der Waals surface area contributed by atoms with Gasteiger partial charge in [0, 0.05) is 27.1 Å². The van der Waals surface area contributed by atoms with Crippen LogP contribution in [0.2, 0.25) is 0 Å². The van der Waals surface area contributed by atoms with Crippen LogP contribution in [0.25, 0.3) is 0 Å². The molecule has 0 aromatic heterocycles. The minimum atomic E-state index is -1.64. The highest BCUT2D eigenvalue weighted by atomic mass is 16.3. The van der Waals surface area contributed by atoms with Crippen LogP contribution in [0, 0.1) is 29.6 Å². The molecular weight excluding hydrogens is 1240 g/mol. The smallest absolute Gasteiger partial charge is 0.245 e. The number of nitrogens with two attached hydrogens (primary N) is 5. The quantitative estimate of drug-likeness (QED) is 0.0236. The maximum absolute atomic E-state index is 15.0. The number of primary amides is 1. The van der Waals surface area contributed by atoms with Gasteiger partial charge in [0.2, 0.25) is 65.0 Å². The summed E-state index contributed by atoms with van der Waals surface area (Å²) in [6, 6.07) is -11.3. The second-order valence-electron chi connectivity index (χ2n) is 28.0. The third kappa shape index (κ3) is 38.3. The third-order valence-electron chi connectivity index (χ3n) is 17.1. The summed E-state index contributed by atoms with van der Waals surface area (Å²) in [5.41, 5.74) is 28.7. The molecule has 0 aromatic rings. The fourth-order valence-corrected chi connectivity index (χ4v) is 11.3. The molecule has 0 radical (unpaired) electrons. The first-order chi connectivity index (χ1) is 45.7. The minimum absolute atomic E-state index is 0.0115. The summed E-state index contributed by atoms with van der Waals surface area (Å²) in [6.07, 6.45) is 12.8. The Morgan fingerprint density at radius 1 is 0.423 bits per heavy atom. The standard InChI is InChI=1S/C69H132N16O12/c1-15-17-18-19-20-21-22-23-24-25-34-56(87)76-42-57(88)77-51(39-44(5)6)62(91)81-53(41-46(9)10)67(96)84(13)54(32-26-28-35-70)64(93)78-49(31-30-37-75-69(73)74)61(90)82-58(47(11)16-2)68(97)85(14)55(33-27-29-36-71)65(94)83-59(48(12)86)66(95)80-52(40-45(7)8)63(92)79-50(60(72)89)38-43(3)4/h43-55,58-59,86H,15-42,70-71H2,1-14H3,(H2,72,89)(H,76,87)(H,77,88)(H,78,93)(H,79,92)(H,80,95)(H,81,91)(H,82,90)(H,83,94)(H4,73,74,75)/t47-,48+,49-,50-,51-,52-,53-,54-,55-,58-,59-/m0/s1. The molecule has 0 aliphatic heterocycles. The Morgan fingerprint density at radius 2 is 0.835 bits per heavy atom. The molecule has 11 amide bonds. The van der Waals surface area contributed by atoms with Gasteiger partial charge in [-0.2, -0.15) is 0 Å². The van der Waals surface area contributed by atoms with E-state index in [2.05, 4.69) is 54.5 Å². The lowest BCUT2D eigenvalue weighted by molar-refractivity contribution is -0.145. The Balaban J connectivity index is 7.03. The molecule has 0 spiro atoms. The van der Waals surface area contributed by atoms with Crippen molar-refractivity contribution in [3.63, 3.8) is 0 Å². The lowest BCUT2D eigenvalue weighted by atomic mass is 9.95. The van der Waals surface area contributed by atoms with Gasteiger partial charge in [-0.05, 0) is 133 Å². The van der Waals surface area contributed by atoms with Crippen molar-refractivity contribution in [2.24, 2.45) is 63.3 Å². The topological polar surface area (TPSA) is 453 Å². The van der Waals surface area contributed by atoms with Crippen LogP contribution in [0.1, 0.15) is 237 Å². The van der Waals surface area contributed by atoms with Crippen LogP contribution in [0.4, 0.5) is 0 Å². The molecule has 19 N–H and O–H groups in total. The van der Waals surface area contributed by atoms with Gasteiger partial charge < -0.3 is 86.1 Å². The first kappa shape index (κ1) is 90.3. The molecule has 97 heavy (non-hydrogen) atoms. The van der Waals surface area contributed by atoms with E-state index in [-0.39, 0.29) is 120 Å². The lowest BCUT2D eigenvalue weighted by Crippen LogP contribution is -2.62. The lowest BCUT2D eigenvalue weighted by Gasteiger charge is -2.35. The highest BCUT2D eigenvalue weighted by Crippen LogP contribution is 2.20. The van der Waals surface area contributed by atoms with Crippen molar-refractivity contribution >= 4 is 70.9 Å². The third-order valence-corrected chi connectivity index (χ3v) is 17.1. The fourth-order valence-electron chi connectivity index (χ4n) is 11.3. The molecule has 0 saturated heterocycles. The van der Waals surface area contributed by atoms with E-state index in [1.165, 1.54) is 64.4 Å². The van der Waals surface area contributed by atoms with Gasteiger partial charge >= 0.3 is 0 Å². The Kier molecular flexibility index (Phi) is 47.1. The summed E-state index contributed by atoms with van der Waals surface area (Å²) in [5, 5.41) is 32.8. The van der Waals surface area contributed by atoms with Crippen LogP contribution in [-0.2, 0) is 52.7 Å². The van der Waals surface area contributed by atoms with E-state index in [0.717, 1.165) is 24.2 Å². The zero-order chi connectivity index (χ0) is 73.9. The van der Waals surface area contributed by atoms with E-state index >= 15 is 0 Å². The number of rotatable bonds is 54. The molecule has 0 aliphatic carbocycles. The number of nitrogens with zero attached hydrogens (tertiary/aromatic N) is 3. The molecule has 0 heterocycles. The number of hydrogen-bond acceptors (Lipinski definition) is 15. The second-order valence-corrected chi connectivity index (χ2v) is 28.0. The summed E-state index contributed by atoms with van der Waals surface area (Å²) >= 11 is 0. The van der Waals surface area contributed by atoms with E-state index in [1.54, 1.807) is 13.8 Å². The highest BCUT2D eigenvalue weighted by Gasteiger charge is 2.40. The Hall–Kier alpha value is -6.68. The van der Waals surface area contributed by atoms with Gasteiger partial charge in [-0.25, -0.2) is 0 Å². The molecule has 560 valence electrons. The molecule has 0 saturated carbocycles. The molecule has 0 unspecified atom stereocenters. The molecule has 0 aliphatic rings. The highest BCUT2D eigenvalue weighted by molar-refractivity contribution is 5.99. The number of guanidine groups is 1. The predicted octanol–water partition coefficient (Wildman–Crippen LogP) is 2.87. The van der Waals surface area contributed by atoms with Gasteiger partial charge in [0.1, 0.15) is 54.4 Å². The van der Waals surface area contributed by atoms with Crippen molar-refractivity contribution in [3.8, 4) is 0 Å². The van der Waals surface area contributed by atoms with E-state index in [0.29, 0.717) is 38.5 Å².